The number of hydrogen-bond donors (Lipinski definition) is 0. The minimum absolute atomic E-state index is 0.157. The molecule has 0 bridgehead atoms. The Morgan fingerprint density at radius 1 is 0.897 bits per heavy atom. The highest BCUT2D eigenvalue weighted by Crippen LogP contribution is 2.26. The Labute approximate surface area is 167 Å². The zero-order chi connectivity index (χ0) is 20.2. The Kier molecular flexibility index (Phi) is 5.12. The molecule has 0 saturated carbocycles. The van der Waals surface area contributed by atoms with Gasteiger partial charge < -0.3 is 13.9 Å². The van der Waals surface area contributed by atoms with Crippen molar-refractivity contribution in [3.05, 3.63) is 94.6 Å². The SMILES string of the molecule is COc1ccc(-c2cc(=O)c3cc(OC(=O)Cc4ccccc4)ccc3o2)cc1. The summed E-state index contributed by atoms with van der Waals surface area (Å²) in [6.07, 6.45) is 0.157. The summed E-state index contributed by atoms with van der Waals surface area (Å²) in [5.74, 6) is 1.09. The van der Waals surface area contributed by atoms with Crippen LogP contribution in [0.15, 0.2) is 88.1 Å². The van der Waals surface area contributed by atoms with Gasteiger partial charge in [-0.25, -0.2) is 0 Å². The van der Waals surface area contributed by atoms with Crippen LogP contribution in [0.1, 0.15) is 5.56 Å². The molecular formula is C24H18O5. The molecule has 29 heavy (non-hydrogen) atoms. The van der Waals surface area contributed by atoms with E-state index in [1.807, 2.05) is 42.5 Å². The second kappa shape index (κ2) is 8.02. The standard InChI is InChI=1S/C24H18O5/c1-27-18-9-7-17(8-10-18)23-15-21(25)20-14-19(11-12-22(20)29-23)28-24(26)13-16-5-3-2-4-6-16/h2-12,14-15H,13H2,1H3. The van der Waals surface area contributed by atoms with E-state index in [2.05, 4.69) is 0 Å². The lowest BCUT2D eigenvalue weighted by Crippen LogP contribution is -2.11. The summed E-state index contributed by atoms with van der Waals surface area (Å²) in [6.45, 7) is 0. The van der Waals surface area contributed by atoms with Crippen LogP contribution < -0.4 is 14.9 Å². The van der Waals surface area contributed by atoms with Crippen LogP contribution in [0.5, 0.6) is 11.5 Å². The fourth-order valence-electron chi connectivity index (χ4n) is 3.03. The quantitative estimate of drug-likeness (QED) is 0.370. The molecule has 4 aromatic rings. The van der Waals surface area contributed by atoms with Crippen LogP contribution in [0.3, 0.4) is 0 Å². The average molecular weight is 386 g/mol. The Morgan fingerprint density at radius 3 is 2.34 bits per heavy atom. The van der Waals surface area contributed by atoms with Gasteiger partial charge in [-0.05, 0) is 48.0 Å². The van der Waals surface area contributed by atoms with Gasteiger partial charge in [-0.3, -0.25) is 9.59 Å². The molecule has 5 heteroatoms. The number of benzene rings is 3. The van der Waals surface area contributed by atoms with Crippen molar-refractivity contribution in [3.8, 4) is 22.8 Å². The molecule has 0 aliphatic heterocycles. The summed E-state index contributed by atoms with van der Waals surface area (Å²) in [5, 5.41) is 0.354. The normalized spacial score (nSPS) is 10.7. The predicted octanol–water partition coefficient (Wildman–Crippen LogP) is 4.62. The molecule has 0 amide bonds. The Balaban J connectivity index is 1.58. The molecule has 0 atom stereocenters. The molecule has 1 heterocycles. The summed E-state index contributed by atoms with van der Waals surface area (Å²) >= 11 is 0. The van der Waals surface area contributed by atoms with Crippen molar-refractivity contribution < 1.29 is 18.7 Å². The Bertz CT molecular complexity index is 1210. The molecule has 0 saturated heterocycles. The largest absolute Gasteiger partial charge is 0.497 e. The van der Waals surface area contributed by atoms with Crippen molar-refractivity contribution in [1.29, 1.82) is 0 Å². The molecule has 0 fully saturated rings. The van der Waals surface area contributed by atoms with Crippen LogP contribution in [0, 0.1) is 0 Å². The number of esters is 1. The number of carbonyl (C=O) groups excluding carboxylic acids is 1. The van der Waals surface area contributed by atoms with Crippen molar-refractivity contribution in [2.75, 3.05) is 7.11 Å². The van der Waals surface area contributed by atoms with Crippen molar-refractivity contribution in [1.82, 2.24) is 0 Å². The number of ether oxygens (including phenoxy) is 2. The lowest BCUT2D eigenvalue weighted by atomic mass is 10.1. The summed E-state index contributed by atoms with van der Waals surface area (Å²) in [4.78, 5) is 24.8. The molecule has 0 unspecified atom stereocenters. The van der Waals surface area contributed by atoms with E-state index < -0.39 is 5.97 Å². The highest BCUT2D eigenvalue weighted by atomic mass is 16.5. The molecule has 0 spiro atoms. The van der Waals surface area contributed by atoms with Crippen molar-refractivity contribution >= 4 is 16.9 Å². The zero-order valence-corrected chi connectivity index (χ0v) is 15.8. The van der Waals surface area contributed by atoms with Crippen LogP contribution >= 0.6 is 0 Å². The fourth-order valence-corrected chi connectivity index (χ4v) is 3.03. The van der Waals surface area contributed by atoms with Gasteiger partial charge in [-0.2, -0.15) is 0 Å². The van der Waals surface area contributed by atoms with E-state index in [0.29, 0.717) is 22.5 Å². The minimum Gasteiger partial charge on any atom is -0.497 e. The molecule has 4 rings (SSSR count). The highest BCUT2D eigenvalue weighted by Gasteiger charge is 2.11. The predicted molar refractivity (Wildman–Crippen MR) is 110 cm³/mol. The number of fused-ring (bicyclic) bond motifs is 1. The van der Waals surface area contributed by atoms with E-state index in [1.54, 1.807) is 31.4 Å². The van der Waals surface area contributed by atoms with Crippen molar-refractivity contribution in [3.63, 3.8) is 0 Å². The molecule has 144 valence electrons. The number of rotatable bonds is 5. The van der Waals surface area contributed by atoms with Crippen LogP contribution in [-0.4, -0.2) is 13.1 Å². The van der Waals surface area contributed by atoms with Gasteiger partial charge in [0.1, 0.15) is 22.8 Å². The van der Waals surface area contributed by atoms with Gasteiger partial charge in [0.05, 0.1) is 18.9 Å². The summed E-state index contributed by atoms with van der Waals surface area (Å²) < 4.78 is 16.4. The first-order valence-electron chi connectivity index (χ1n) is 9.09. The summed E-state index contributed by atoms with van der Waals surface area (Å²) in [7, 11) is 1.59. The fraction of sp³-hybridized carbons (Fsp3) is 0.0833. The molecule has 5 nitrogen and oxygen atoms in total. The number of carbonyl (C=O) groups is 1. The second-order valence-corrected chi connectivity index (χ2v) is 6.50. The van der Waals surface area contributed by atoms with E-state index in [0.717, 1.165) is 16.9 Å². The van der Waals surface area contributed by atoms with Crippen molar-refractivity contribution in [2.45, 2.75) is 6.42 Å². The molecule has 1 aromatic heterocycles. The maximum atomic E-state index is 12.6. The molecular weight excluding hydrogens is 368 g/mol. The highest BCUT2D eigenvalue weighted by molar-refractivity contribution is 5.82. The lowest BCUT2D eigenvalue weighted by molar-refractivity contribution is -0.133. The second-order valence-electron chi connectivity index (χ2n) is 6.50. The van der Waals surface area contributed by atoms with Crippen LogP contribution in [0.2, 0.25) is 0 Å². The maximum Gasteiger partial charge on any atom is 0.315 e. The van der Waals surface area contributed by atoms with E-state index >= 15 is 0 Å². The van der Waals surface area contributed by atoms with Gasteiger partial charge in [-0.15, -0.1) is 0 Å². The molecule has 0 N–H and O–H groups in total. The van der Waals surface area contributed by atoms with E-state index in [4.69, 9.17) is 13.9 Å². The minimum atomic E-state index is -0.394. The first-order chi connectivity index (χ1) is 14.1. The number of hydrogen-bond acceptors (Lipinski definition) is 5. The van der Waals surface area contributed by atoms with Crippen LogP contribution in [0.4, 0.5) is 0 Å². The van der Waals surface area contributed by atoms with Gasteiger partial charge >= 0.3 is 5.97 Å². The van der Waals surface area contributed by atoms with E-state index in [1.165, 1.54) is 12.1 Å². The van der Waals surface area contributed by atoms with E-state index in [9.17, 15) is 9.59 Å². The lowest BCUT2D eigenvalue weighted by Gasteiger charge is -2.07. The van der Waals surface area contributed by atoms with Crippen LogP contribution in [0.25, 0.3) is 22.3 Å². The number of methoxy groups -OCH3 is 1. The van der Waals surface area contributed by atoms with E-state index in [-0.39, 0.29) is 11.8 Å². The Hall–Kier alpha value is -3.86. The maximum absolute atomic E-state index is 12.6. The molecule has 0 aliphatic carbocycles. The third-order valence-corrected chi connectivity index (χ3v) is 4.50. The van der Waals surface area contributed by atoms with Crippen LogP contribution in [-0.2, 0) is 11.2 Å². The zero-order valence-electron chi connectivity index (χ0n) is 15.8. The molecule has 0 aliphatic rings. The van der Waals surface area contributed by atoms with Gasteiger partial charge in [0.15, 0.2) is 5.43 Å². The monoisotopic (exact) mass is 386 g/mol. The first kappa shape index (κ1) is 18.5. The van der Waals surface area contributed by atoms with Gasteiger partial charge in [0.25, 0.3) is 0 Å². The Morgan fingerprint density at radius 2 is 1.62 bits per heavy atom. The topological polar surface area (TPSA) is 65.7 Å². The smallest absolute Gasteiger partial charge is 0.315 e. The van der Waals surface area contributed by atoms with Gasteiger partial charge in [0.2, 0.25) is 0 Å². The van der Waals surface area contributed by atoms with Crippen molar-refractivity contribution in [2.24, 2.45) is 0 Å². The summed E-state index contributed by atoms with van der Waals surface area (Å²) in [6, 6.07) is 22.8. The average Bonchev–Trinajstić information content (AvgIpc) is 2.75. The summed E-state index contributed by atoms with van der Waals surface area (Å²) in [5.41, 5.74) is 1.84. The molecule has 3 aromatic carbocycles. The van der Waals surface area contributed by atoms with Gasteiger partial charge in [0, 0.05) is 11.6 Å². The third kappa shape index (κ3) is 4.19. The first-order valence-corrected chi connectivity index (χ1v) is 9.09. The van der Waals surface area contributed by atoms with Gasteiger partial charge in [-0.1, -0.05) is 30.3 Å². The third-order valence-electron chi connectivity index (χ3n) is 4.50. The molecule has 0 radical (unpaired) electrons.